The van der Waals surface area contributed by atoms with E-state index in [1.54, 1.807) is 0 Å². The van der Waals surface area contributed by atoms with Crippen molar-refractivity contribution in [1.82, 2.24) is 9.88 Å². The first-order valence-corrected chi connectivity index (χ1v) is 16.0. The fraction of sp³-hybridized carbons (Fsp3) is 0.583. The van der Waals surface area contributed by atoms with Gasteiger partial charge in [-0.25, -0.2) is 4.98 Å². The van der Waals surface area contributed by atoms with Crippen LogP contribution in [0.4, 0.5) is 0 Å². The Labute approximate surface area is 245 Å². The molecule has 0 fully saturated rings. The summed E-state index contributed by atoms with van der Waals surface area (Å²) in [4.78, 5) is 7.95. The van der Waals surface area contributed by atoms with Crippen LogP contribution < -0.4 is 0 Å². The summed E-state index contributed by atoms with van der Waals surface area (Å²) in [6.45, 7) is 29.7. The highest BCUT2D eigenvalue weighted by Gasteiger charge is 2.27. The summed E-state index contributed by atoms with van der Waals surface area (Å²) in [6, 6.07) is 9.52. The third-order valence-corrected chi connectivity index (χ3v) is 9.29. The molecule has 4 unspecified atom stereocenters. The minimum atomic E-state index is 0.392. The lowest BCUT2D eigenvalue weighted by Crippen LogP contribution is -2.38. The number of thiazole rings is 1. The molecule has 2 aromatic rings. The second kappa shape index (κ2) is 16.3. The molecular weight excluding hydrogens is 492 g/mol. The number of rotatable bonds is 18. The SMILES string of the molecule is C=C(C)CC(CC(C(C)C)N(C)CCC(=C)CCC)c1nc(C(Cc2ccc(C)cc2)CC(C)C(=C)C)cs1. The van der Waals surface area contributed by atoms with Crippen LogP contribution in [0.25, 0.3) is 0 Å². The average molecular weight is 549 g/mol. The molecule has 216 valence electrons. The van der Waals surface area contributed by atoms with Gasteiger partial charge in [-0.3, -0.25) is 0 Å². The van der Waals surface area contributed by atoms with Crippen molar-refractivity contribution in [2.75, 3.05) is 13.6 Å². The fourth-order valence-corrected chi connectivity index (χ4v) is 6.56. The molecule has 0 aliphatic rings. The van der Waals surface area contributed by atoms with Crippen LogP contribution in [0.1, 0.15) is 114 Å². The van der Waals surface area contributed by atoms with Crippen molar-refractivity contribution in [2.24, 2.45) is 11.8 Å². The molecule has 0 aliphatic carbocycles. The van der Waals surface area contributed by atoms with Crippen LogP contribution in [0.2, 0.25) is 0 Å². The van der Waals surface area contributed by atoms with Crippen LogP contribution in [-0.2, 0) is 6.42 Å². The lowest BCUT2D eigenvalue weighted by Gasteiger charge is -2.34. The number of aryl methyl sites for hydroxylation is 1. The second-order valence-corrected chi connectivity index (χ2v) is 13.5. The van der Waals surface area contributed by atoms with Gasteiger partial charge in [0.2, 0.25) is 0 Å². The van der Waals surface area contributed by atoms with Crippen LogP contribution in [0.15, 0.2) is 66.1 Å². The average Bonchev–Trinajstić information content (AvgIpc) is 3.36. The van der Waals surface area contributed by atoms with Crippen molar-refractivity contribution in [1.29, 1.82) is 0 Å². The number of benzene rings is 1. The van der Waals surface area contributed by atoms with E-state index in [1.165, 1.54) is 45.0 Å². The van der Waals surface area contributed by atoms with E-state index >= 15 is 0 Å². The van der Waals surface area contributed by atoms with Crippen LogP contribution in [0, 0.1) is 18.8 Å². The molecule has 0 saturated heterocycles. The van der Waals surface area contributed by atoms with Gasteiger partial charge >= 0.3 is 0 Å². The van der Waals surface area contributed by atoms with Crippen molar-refractivity contribution in [2.45, 2.75) is 111 Å². The van der Waals surface area contributed by atoms with Gasteiger partial charge in [0.25, 0.3) is 0 Å². The first-order chi connectivity index (χ1) is 18.4. The maximum atomic E-state index is 5.38. The molecule has 0 N–H and O–H groups in total. The molecule has 3 heteroatoms. The molecule has 1 aromatic carbocycles. The largest absolute Gasteiger partial charge is 0.303 e. The molecular formula is C36H56N2S. The molecule has 0 radical (unpaired) electrons. The summed E-state index contributed by atoms with van der Waals surface area (Å²) in [5.74, 6) is 1.84. The van der Waals surface area contributed by atoms with E-state index in [1.807, 2.05) is 11.3 Å². The third-order valence-electron chi connectivity index (χ3n) is 8.27. The van der Waals surface area contributed by atoms with Crippen LogP contribution >= 0.6 is 11.3 Å². The third kappa shape index (κ3) is 11.2. The predicted molar refractivity (Wildman–Crippen MR) is 175 cm³/mol. The molecule has 0 spiro atoms. The summed E-state index contributed by atoms with van der Waals surface area (Å²) in [5.41, 5.74) is 7.82. The first-order valence-electron chi connectivity index (χ1n) is 15.1. The Balaban J connectivity index is 2.29. The van der Waals surface area contributed by atoms with Gasteiger partial charge in [-0.05, 0) is 83.7 Å². The van der Waals surface area contributed by atoms with E-state index in [0.717, 1.165) is 45.1 Å². The number of hydrogen-bond acceptors (Lipinski definition) is 3. The molecule has 0 amide bonds. The lowest BCUT2D eigenvalue weighted by molar-refractivity contribution is 0.173. The number of hydrogen-bond donors (Lipinski definition) is 0. The molecule has 2 rings (SSSR count). The van der Waals surface area contributed by atoms with Crippen molar-refractivity contribution in [3.8, 4) is 0 Å². The Morgan fingerprint density at radius 3 is 2.21 bits per heavy atom. The van der Waals surface area contributed by atoms with Gasteiger partial charge in [0, 0.05) is 29.8 Å². The van der Waals surface area contributed by atoms with Crippen molar-refractivity contribution >= 4 is 11.3 Å². The zero-order chi connectivity index (χ0) is 29.1. The maximum Gasteiger partial charge on any atom is 0.0963 e. The predicted octanol–water partition coefficient (Wildman–Crippen LogP) is 10.5. The van der Waals surface area contributed by atoms with Crippen LogP contribution in [0.5, 0.6) is 0 Å². The molecule has 0 bridgehead atoms. The van der Waals surface area contributed by atoms with Gasteiger partial charge < -0.3 is 4.90 Å². The van der Waals surface area contributed by atoms with Crippen molar-refractivity contribution in [3.63, 3.8) is 0 Å². The summed E-state index contributed by atoms with van der Waals surface area (Å²) in [5, 5.41) is 3.62. The zero-order valence-corrected chi connectivity index (χ0v) is 27.2. The smallest absolute Gasteiger partial charge is 0.0963 e. The van der Waals surface area contributed by atoms with Crippen LogP contribution in [0.3, 0.4) is 0 Å². The normalized spacial score (nSPS) is 14.8. The molecule has 1 heterocycles. The van der Waals surface area contributed by atoms with E-state index in [0.29, 0.717) is 29.7 Å². The topological polar surface area (TPSA) is 16.1 Å². The first kappa shape index (κ1) is 33.2. The molecule has 1 aromatic heterocycles. The quantitative estimate of drug-likeness (QED) is 0.172. The Hall–Kier alpha value is -1.97. The van der Waals surface area contributed by atoms with Gasteiger partial charge in [0.1, 0.15) is 0 Å². The van der Waals surface area contributed by atoms with Gasteiger partial charge in [0.05, 0.1) is 10.7 Å². The van der Waals surface area contributed by atoms with Gasteiger partial charge in [0.15, 0.2) is 0 Å². The monoisotopic (exact) mass is 548 g/mol. The molecule has 0 saturated carbocycles. The van der Waals surface area contributed by atoms with Gasteiger partial charge in [-0.2, -0.15) is 0 Å². The highest BCUT2D eigenvalue weighted by atomic mass is 32.1. The standard InChI is InChI=1S/C36H56N2S/c1-12-13-28(8)18-19-38(11)35(27(6)7)23-33(20-25(2)3)36-37-34(24-39-36)32(21-30(10)26(4)5)22-31-16-14-29(9)15-17-31/h14-17,24,27,30,32-33,35H,2,4,8,12-13,18-23H2,1,3,5-7,9-11H3. The lowest BCUT2D eigenvalue weighted by atomic mass is 9.85. The van der Waals surface area contributed by atoms with Crippen molar-refractivity contribution in [3.05, 3.63) is 87.9 Å². The Morgan fingerprint density at radius 2 is 1.64 bits per heavy atom. The van der Waals surface area contributed by atoms with Gasteiger partial charge in [-0.15, -0.1) is 17.9 Å². The minimum absolute atomic E-state index is 0.392. The molecule has 39 heavy (non-hydrogen) atoms. The maximum absolute atomic E-state index is 5.38. The molecule has 0 aliphatic heterocycles. The summed E-state index contributed by atoms with van der Waals surface area (Å²) < 4.78 is 0. The Kier molecular flexibility index (Phi) is 13.9. The number of allylic oxidation sites excluding steroid dienone is 2. The fourth-order valence-electron chi connectivity index (χ4n) is 5.54. The Morgan fingerprint density at radius 1 is 0.974 bits per heavy atom. The Bertz CT molecular complexity index is 1040. The van der Waals surface area contributed by atoms with E-state index in [-0.39, 0.29) is 0 Å². The van der Waals surface area contributed by atoms with E-state index in [9.17, 15) is 0 Å². The van der Waals surface area contributed by atoms with Crippen LogP contribution in [-0.4, -0.2) is 29.5 Å². The van der Waals surface area contributed by atoms with E-state index < -0.39 is 0 Å². The van der Waals surface area contributed by atoms with Crippen molar-refractivity contribution < 1.29 is 0 Å². The minimum Gasteiger partial charge on any atom is -0.303 e. The number of aromatic nitrogens is 1. The second-order valence-electron chi connectivity index (χ2n) is 12.6. The molecule has 4 atom stereocenters. The highest BCUT2D eigenvalue weighted by Crippen LogP contribution is 2.37. The van der Waals surface area contributed by atoms with E-state index in [4.69, 9.17) is 4.98 Å². The summed E-state index contributed by atoms with van der Waals surface area (Å²) in [6.07, 6.45) is 7.60. The van der Waals surface area contributed by atoms with E-state index in [2.05, 4.69) is 110 Å². The number of nitrogens with zero attached hydrogens (tertiary/aromatic N) is 2. The molecule has 2 nitrogen and oxygen atoms in total. The summed E-state index contributed by atoms with van der Waals surface area (Å²) >= 11 is 1.86. The summed E-state index contributed by atoms with van der Waals surface area (Å²) in [7, 11) is 2.30. The highest BCUT2D eigenvalue weighted by molar-refractivity contribution is 7.09. The van der Waals surface area contributed by atoms with Gasteiger partial charge in [-0.1, -0.05) is 93.8 Å². The zero-order valence-electron chi connectivity index (χ0n) is 26.4.